The zero-order chi connectivity index (χ0) is 17.8. The summed E-state index contributed by atoms with van der Waals surface area (Å²) in [5.41, 5.74) is 2.73. The molecule has 0 bridgehead atoms. The fourth-order valence-electron chi connectivity index (χ4n) is 3.09. The first-order valence-electron chi connectivity index (χ1n) is 7.66. The quantitative estimate of drug-likeness (QED) is 0.729. The Hall–Kier alpha value is -2.93. The third kappa shape index (κ3) is 2.27. The van der Waals surface area contributed by atoms with Gasteiger partial charge in [0.05, 0.1) is 21.7 Å². The smallest absolute Gasteiger partial charge is 0.262 e. The van der Waals surface area contributed by atoms with Crippen LogP contribution in [0.4, 0.5) is 5.69 Å². The van der Waals surface area contributed by atoms with Crippen LogP contribution >= 0.6 is 0 Å². The molecule has 126 valence electrons. The second kappa shape index (κ2) is 5.29. The van der Waals surface area contributed by atoms with E-state index in [2.05, 4.69) is 9.71 Å². The summed E-state index contributed by atoms with van der Waals surface area (Å²) in [4.78, 5) is 18.5. The number of fused-ring (bicyclic) bond motifs is 5. The number of aromatic nitrogens is 1. The molecule has 0 radical (unpaired) electrons. The molecule has 0 atom stereocenters. The summed E-state index contributed by atoms with van der Waals surface area (Å²) in [5.74, 6) is -0.161. The topological polar surface area (TPSA) is 79.4 Å². The standard InChI is InChI=1S/C18H15N3O3S/c1-21(2)18(22)14-9-10-19-16-13(14)8-7-12-11-5-3-4-6-15(11)25(23,24)20-17(12)16/h3-10,20H,1-2H3. The minimum absolute atomic E-state index is 0.161. The van der Waals surface area contributed by atoms with E-state index in [1.54, 1.807) is 44.4 Å². The molecule has 0 unspecified atom stereocenters. The van der Waals surface area contributed by atoms with Gasteiger partial charge in [0.1, 0.15) is 0 Å². The van der Waals surface area contributed by atoms with Crippen molar-refractivity contribution < 1.29 is 13.2 Å². The van der Waals surface area contributed by atoms with E-state index in [0.29, 0.717) is 27.7 Å². The fraction of sp³-hybridized carbons (Fsp3) is 0.111. The number of hydrogen-bond acceptors (Lipinski definition) is 4. The lowest BCUT2D eigenvalue weighted by atomic mass is 9.98. The van der Waals surface area contributed by atoms with Crippen LogP contribution < -0.4 is 4.72 Å². The van der Waals surface area contributed by atoms with Crippen molar-refractivity contribution in [2.75, 3.05) is 18.8 Å². The molecule has 0 fully saturated rings. The van der Waals surface area contributed by atoms with Crippen LogP contribution in [0.3, 0.4) is 0 Å². The zero-order valence-electron chi connectivity index (χ0n) is 13.6. The summed E-state index contributed by atoms with van der Waals surface area (Å²) >= 11 is 0. The number of sulfonamides is 1. The number of nitrogens with zero attached hydrogens (tertiary/aromatic N) is 2. The van der Waals surface area contributed by atoms with E-state index >= 15 is 0 Å². The van der Waals surface area contributed by atoms with Gasteiger partial charge in [-0.25, -0.2) is 8.42 Å². The van der Waals surface area contributed by atoms with Crippen LogP contribution in [-0.2, 0) is 10.0 Å². The van der Waals surface area contributed by atoms with Crippen molar-refractivity contribution in [1.29, 1.82) is 0 Å². The van der Waals surface area contributed by atoms with Gasteiger partial charge in [-0.2, -0.15) is 0 Å². The van der Waals surface area contributed by atoms with E-state index in [1.165, 1.54) is 11.1 Å². The van der Waals surface area contributed by atoms with Gasteiger partial charge in [-0.3, -0.25) is 14.5 Å². The van der Waals surface area contributed by atoms with Gasteiger partial charge in [0.2, 0.25) is 0 Å². The van der Waals surface area contributed by atoms with Gasteiger partial charge in [0, 0.05) is 36.8 Å². The van der Waals surface area contributed by atoms with Gasteiger partial charge >= 0.3 is 0 Å². The monoisotopic (exact) mass is 353 g/mol. The Morgan fingerprint density at radius 2 is 1.80 bits per heavy atom. The van der Waals surface area contributed by atoms with Gasteiger partial charge in [-0.05, 0) is 12.1 Å². The van der Waals surface area contributed by atoms with Crippen molar-refractivity contribution in [3.8, 4) is 11.1 Å². The molecule has 0 aliphatic carbocycles. The van der Waals surface area contributed by atoms with Crippen molar-refractivity contribution >= 4 is 32.5 Å². The molecule has 2 aromatic carbocycles. The van der Waals surface area contributed by atoms with E-state index in [-0.39, 0.29) is 10.8 Å². The summed E-state index contributed by atoms with van der Waals surface area (Å²) in [5, 5.41) is 0.613. The molecule has 1 N–H and O–H groups in total. The fourth-order valence-corrected chi connectivity index (χ4v) is 4.40. The molecule has 2 heterocycles. The Bertz CT molecular complexity index is 1140. The van der Waals surface area contributed by atoms with Crippen molar-refractivity contribution in [2.24, 2.45) is 0 Å². The number of hydrogen-bond donors (Lipinski definition) is 1. The lowest BCUT2D eigenvalue weighted by molar-refractivity contribution is 0.0829. The minimum Gasteiger partial charge on any atom is -0.345 e. The number of pyridine rings is 1. The number of benzene rings is 2. The van der Waals surface area contributed by atoms with Crippen LogP contribution in [0.5, 0.6) is 0 Å². The molecule has 0 saturated heterocycles. The number of nitrogens with one attached hydrogen (secondary N) is 1. The van der Waals surface area contributed by atoms with Crippen LogP contribution in [0.15, 0.2) is 53.6 Å². The number of anilines is 1. The third-order valence-electron chi connectivity index (χ3n) is 4.25. The molecule has 7 heteroatoms. The van der Waals surface area contributed by atoms with E-state index in [9.17, 15) is 13.2 Å². The molecule has 6 nitrogen and oxygen atoms in total. The predicted molar refractivity (Wildman–Crippen MR) is 96.0 cm³/mol. The van der Waals surface area contributed by atoms with Gasteiger partial charge < -0.3 is 4.90 Å². The highest BCUT2D eigenvalue weighted by atomic mass is 32.2. The maximum absolute atomic E-state index is 12.6. The van der Waals surface area contributed by atoms with Crippen LogP contribution in [0.1, 0.15) is 10.4 Å². The summed E-state index contributed by atoms with van der Waals surface area (Å²) in [6, 6.07) is 12.1. The lowest BCUT2D eigenvalue weighted by Crippen LogP contribution is -2.22. The number of rotatable bonds is 1. The minimum atomic E-state index is -3.68. The van der Waals surface area contributed by atoms with E-state index in [4.69, 9.17) is 0 Å². The van der Waals surface area contributed by atoms with Crippen LogP contribution in [-0.4, -0.2) is 38.3 Å². The molecule has 1 aromatic heterocycles. The average molecular weight is 353 g/mol. The number of carbonyl (C=O) groups excluding carboxylic acids is 1. The summed E-state index contributed by atoms with van der Waals surface area (Å²) in [7, 11) is -0.337. The largest absolute Gasteiger partial charge is 0.345 e. The van der Waals surface area contributed by atoms with E-state index < -0.39 is 10.0 Å². The molecule has 25 heavy (non-hydrogen) atoms. The number of amides is 1. The van der Waals surface area contributed by atoms with Crippen molar-refractivity contribution in [3.63, 3.8) is 0 Å². The first kappa shape index (κ1) is 15.6. The van der Waals surface area contributed by atoms with Crippen molar-refractivity contribution in [2.45, 2.75) is 4.90 Å². The van der Waals surface area contributed by atoms with Crippen LogP contribution in [0.2, 0.25) is 0 Å². The summed E-state index contributed by atoms with van der Waals surface area (Å²) in [6.45, 7) is 0. The average Bonchev–Trinajstić information content (AvgIpc) is 2.60. The van der Waals surface area contributed by atoms with Crippen LogP contribution in [0, 0.1) is 0 Å². The molecule has 3 aromatic rings. The van der Waals surface area contributed by atoms with E-state index in [0.717, 1.165) is 5.56 Å². The Morgan fingerprint density at radius 3 is 2.56 bits per heavy atom. The predicted octanol–water partition coefficient (Wildman–Crippen LogP) is 2.72. The maximum atomic E-state index is 12.6. The highest BCUT2D eigenvalue weighted by molar-refractivity contribution is 7.93. The van der Waals surface area contributed by atoms with Gasteiger partial charge in [-0.1, -0.05) is 30.3 Å². The normalized spacial score (nSPS) is 14.3. The number of carbonyl (C=O) groups is 1. The molecule has 0 spiro atoms. The molecule has 1 aliphatic heterocycles. The van der Waals surface area contributed by atoms with Gasteiger partial charge in [0.15, 0.2) is 0 Å². The second-order valence-corrected chi connectivity index (χ2v) is 7.69. The molecule has 0 saturated carbocycles. The zero-order valence-corrected chi connectivity index (χ0v) is 14.5. The molecule has 1 amide bonds. The molecule has 1 aliphatic rings. The third-order valence-corrected chi connectivity index (χ3v) is 5.66. The highest BCUT2D eigenvalue weighted by Crippen LogP contribution is 2.42. The second-order valence-electron chi connectivity index (χ2n) is 6.04. The van der Waals surface area contributed by atoms with Crippen molar-refractivity contribution in [3.05, 3.63) is 54.2 Å². The SMILES string of the molecule is CN(C)C(=O)c1ccnc2c3c(ccc12)-c1ccccc1S(=O)(=O)N3. The molecular formula is C18H15N3O3S. The summed E-state index contributed by atoms with van der Waals surface area (Å²) in [6.07, 6.45) is 1.52. The summed E-state index contributed by atoms with van der Waals surface area (Å²) < 4.78 is 27.8. The van der Waals surface area contributed by atoms with Gasteiger partial charge in [-0.15, -0.1) is 0 Å². The maximum Gasteiger partial charge on any atom is 0.262 e. The van der Waals surface area contributed by atoms with Gasteiger partial charge in [0.25, 0.3) is 15.9 Å². The highest BCUT2D eigenvalue weighted by Gasteiger charge is 2.29. The first-order chi connectivity index (χ1) is 11.9. The molecular weight excluding hydrogens is 338 g/mol. The van der Waals surface area contributed by atoms with E-state index in [1.807, 2.05) is 12.1 Å². The Labute approximate surface area is 145 Å². The van der Waals surface area contributed by atoms with Crippen LogP contribution in [0.25, 0.3) is 22.0 Å². The molecule has 4 rings (SSSR count). The lowest BCUT2D eigenvalue weighted by Gasteiger charge is -2.23. The first-order valence-corrected chi connectivity index (χ1v) is 9.14. The Morgan fingerprint density at radius 1 is 1.04 bits per heavy atom. The Balaban J connectivity index is 2.07. The van der Waals surface area contributed by atoms with Crippen molar-refractivity contribution in [1.82, 2.24) is 9.88 Å². The Kier molecular flexibility index (Phi) is 3.30.